The number of nitrogens with one attached hydrogen (secondary N) is 1. The van der Waals surface area contributed by atoms with E-state index in [0.717, 1.165) is 42.9 Å². The average Bonchev–Trinajstić information content (AvgIpc) is 3.25. The Morgan fingerprint density at radius 1 is 1.00 bits per heavy atom. The molecule has 0 spiro atoms. The van der Waals surface area contributed by atoms with Crippen molar-refractivity contribution in [3.8, 4) is 0 Å². The van der Waals surface area contributed by atoms with Gasteiger partial charge in [0, 0.05) is 19.1 Å². The third-order valence-corrected chi connectivity index (χ3v) is 5.51. The van der Waals surface area contributed by atoms with E-state index in [2.05, 4.69) is 19.0 Å². The molecule has 4 rings (SSSR count). The third-order valence-electron chi connectivity index (χ3n) is 5.04. The molecule has 0 saturated carbocycles. The summed E-state index contributed by atoms with van der Waals surface area (Å²) >= 11 is 1.23. The summed E-state index contributed by atoms with van der Waals surface area (Å²) in [6.45, 7) is 1.77. The Morgan fingerprint density at radius 2 is 1.59 bits per heavy atom. The number of anilines is 1. The minimum atomic E-state index is -0.284. The van der Waals surface area contributed by atoms with Crippen molar-refractivity contribution >= 4 is 23.5 Å². The van der Waals surface area contributed by atoms with Crippen LogP contribution in [0.5, 0.6) is 0 Å². The number of nitrogens with zero attached hydrogens (tertiary/aromatic N) is 3. The topological polar surface area (TPSA) is 58.1 Å². The molecule has 0 unspecified atom stereocenters. The zero-order chi connectivity index (χ0) is 18.5. The van der Waals surface area contributed by atoms with E-state index in [0.29, 0.717) is 0 Å². The summed E-state index contributed by atoms with van der Waals surface area (Å²) in [6, 6.07) is 20.2. The molecule has 0 radical (unpaired) electrons. The summed E-state index contributed by atoms with van der Waals surface area (Å²) in [6.07, 6.45) is 3.64. The highest BCUT2D eigenvalue weighted by atomic mass is 32.1. The molecule has 1 aliphatic heterocycles. The van der Waals surface area contributed by atoms with Crippen LogP contribution in [-0.2, 0) is 4.79 Å². The number of piperidine rings is 1. The van der Waals surface area contributed by atoms with E-state index in [1.165, 1.54) is 11.7 Å². The zero-order valence-corrected chi connectivity index (χ0v) is 15.8. The van der Waals surface area contributed by atoms with Gasteiger partial charge in [0.25, 0.3) is 0 Å². The van der Waals surface area contributed by atoms with Crippen LogP contribution in [0.3, 0.4) is 0 Å². The second kappa shape index (κ2) is 8.31. The first-order chi connectivity index (χ1) is 13.3. The molecule has 1 aromatic heterocycles. The Balaban J connectivity index is 1.45. The van der Waals surface area contributed by atoms with E-state index >= 15 is 0 Å². The molecule has 0 aliphatic carbocycles. The molecule has 1 aliphatic rings. The zero-order valence-electron chi connectivity index (χ0n) is 15.0. The van der Waals surface area contributed by atoms with E-state index in [1.54, 1.807) is 0 Å². The summed E-state index contributed by atoms with van der Waals surface area (Å²) in [4.78, 5) is 15.4. The maximum absolute atomic E-state index is 13.2. The number of aromatic nitrogens is 2. The van der Waals surface area contributed by atoms with E-state index < -0.39 is 0 Å². The van der Waals surface area contributed by atoms with Gasteiger partial charge in [-0.2, -0.15) is 8.75 Å². The lowest BCUT2D eigenvalue weighted by atomic mass is 9.90. The first-order valence-corrected chi connectivity index (χ1v) is 9.97. The third kappa shape index (κ3) is 4.17. The fraction of sp³-hybridized carbons (Fsp3) is 0.286. The lowest BCUT2D eigenvalue weighted by Crippen LogP contribution is -2.46. The molecule has 138 valence electrons. The Kier molecular flexibility index (Phi) is 5.44. The monoisotopic (exact) mass is 378 g/mol. The fourth-order valence-electron chi connectivity index (χ4n) is 3.62. The Labute approximate surface area is 163 Å². The van der Waals surface area contributed by atoms with Crippen molar-refractivity contribution in [2.75, 3.05) is 18.0 Å². The number of rotatable bonds is 5. The first kappa shape index (κ1) is 17.7. The van der Waals surface area contributed by atoms with Crippen LogP contribution < -0.4 is 10.2 Å². The van der Waals surface area contributed by atoms with Crippen molar-refractivity contribution < 1.29 is 4.79 Å². The molecular weight excluding hydrogens is 356 g/mol. The van der Waals surface area contributed by atoms with E-state index in [9.17, 15) is 4.79 Å². The largest absolute Gasteiger partial charge is 0.354 e. The lowest BCUT2D eigenvalue weighted by Gasteiger charge is -2.33. The molecule has 0 atom stereocenters. The standard InChI is InChI=1S/C21H22N4OS/c26-21(23-18-11-13-25(14-12-18)19-15-22-27-24-19)20(16-7-3-1-4-8-16)17-9-5-2-6-10-17/h1-10,15,18,20H,11-14H2,(H,23,26). The highest BCUT2D eigenvalue weighted by Gasteiger charge is 2.27. The van der Waals surface area contributed by atoms with Gasteiger partial charge in [-0.3, -0.25) is 4.79 Å². The molecule has 1 fully saturated rings. The van der Waals surface area contributed by atoms with Gasteiger partial charge in [0.2, 0.25) is 5.91 Å². The van der Waals surface area contributed by atoms with Crippen LogP contribution in [-0.4, -0.2) is 33.8 Å². The van der Waals surface area contributed by atoms with Gasteiger partial charge in [0.15, 0.2) is 5.82 Å². The summed E-state index contributed by atoms with van der Waals surface area (Å²) in [5.41, 5.74) is 2.04. The molecular formula is C21H22N4OS. The minimum Gasteiger partial charge on any atom is -0.354 e. The van der Waals surface area contributed by atoms with Gasteiger partial charge in [-0.25, -0.2) is 0 Å². The predicted octanol–water partition coefficient (Wildman–Crippen LogP) is 3.46. The number of carbonyl (C=O) groups excluding carboxylic acids is 1. The lowest BCUT2D eigenvalue weighted by molar-refractivity contribution is -0.122. The molecule has 1 saturated heterocycles. The van der Waals surface area contributed by atoms with Gasteiger partial charge in [-0.15, -0.1) is 0 Å². The van der Waals surface area contributed by atoms with Gasteiger partial charge >= 0.3 is 0 Å². The quantitative estimate of drug-likeness (QED) is 0.739. The van der Waals surface area contributed by atoms with Crippen molar-refractivity contribution in [3.63, 3.8) is 0 Å². The highest BCUT2D eigenvalue weighted by Crippen LogP contribution is 2.26. The van der Waals surface area contributed by atoms with Gasteiger partial charge in [0.1, 0.15) is 0 Å². The van der Waals surface area contributed by atoms with Crippen molar-refractivity contribution in [1.29, 1.82) is 0 Å². The second-order valence-electron chi connectivity index (χ2n) is 6.79. The highest BCUT2D eigenvalue weighted by molar-refractivity contribution is 6.99. The molecule has 6 heteroatoms. The number of carbonyl (C=O) groups is 1. The molecule has 2 heterocycles. The Bertz CT molecular complexity index is 807. The number of benzene rings is 2. The number of hydrogen-bond acceptors (Lipinski definition) is 5. The maximum Gasteiger partial charge on any atom is 0.232 e. The minimum absolute atomic E-state index is 0.0705. The van der Waals surface area contributed by atoms with Crippen molar-refractivity contribution in [1.82, 2.24) is 14.1 Å². The van der Waals surface area contributed by atoms with Gasteiger partial charge in [0.05, 0.1) is 23.8 Å². The van der Waals surface area contributed by atoms with Crippen LogP contribution in [0.4, 0.5) is 5.82 Å². The van der Waals surface area contributed by atoms with Crippen LogP contribution in [0.1, 0.15) is 29.9 Å². The molecule has 27 heavy (non-hydrogen) atoms. The molecule has 2 aromatic carbocycles. The van der Waals surface area contributed by atoms with Crippen LogP contribution in [0.2, 0.25) is 0 Å². The van der Waals surface area contributed by atoms with Crippen LogP contribution in [0.25, 0.3) is 0 Å². The average molecular weight is 379 g/mol. The van der Waals surface area contributed by atoms with E-state index in [4.69, 9.17) is 0 Å². The van der Waals surface area contributed by atoms with Gasteiger partial charge in [-0.1, -0.05) is 60.7 Å². The van der Waals surface area contributed by atoms with Crippen LogP contribution in [0, 0.1) is 0 Å². The predicted molar refractivity (Wildman–Crippen MR) is 108 cm³/mol. The molecule has 1 amide bonds. The van der Waals surface area contributed by atoms with Crippen molar-refractivity contribution in [2.24, 2.45) is 0 Å². The smallest absolute Gasteiger partial charge is 0.232 e. The van der Waals surface area contributed by atoms with Crippen LogP contribution in [0.15, 0.2) is 66.9 Å². The normalized spacial score (nSPS) is 15.1. The summed E-state index contributed by atoms with van der Waals surface area (Å²) < 4.78 is 8.38. The van der Waals surface area contributed by atoms with E-state index in [-0.39, 0.29) is 17.9 Å². The summed E-state index contributed by atoms with van der Waals surface area (Å²) in [7, 11) is 0. The van der Waals surface area contributed by atoms with Crippen LogP contribution >= 0.6 is 11.7 Å². The summed E-state index contributed by atoms with van der Waals surface area (Å²) in [5, 5.41) is 3.28. The SMILES string of the molecule is O=C(NC1CCN(c2cnsn2)CC1)C(c1ccccc1)c1ccccc1. The molecule has 3 aromatic rings. The number of amides is 1. The van der Waals surface area contributed by atoms with Crippen molar-refractivity contribution in [2.45, 2.75) is 24.8 Å². The van der Waals surface area contributed by atoms with E-state index in [1.807, 2.05) is 66.9 Å². The maximum atomic E-state index is 13.2. The Hall–Kier alpha value is -2.73. The Morgan fingerprint density at radius 3 is 2.11 bits per heavy atom. The number of hydrogen-bond donors (Lipinski definition) is 1. The molecule has 5 nitrogen and oxygen atoms in total. The van der Waals surface area contributed by atoms with Gasteiger partial charge in [-0.05, 0) is 24.0 Å². The van der Waals surface area contributed by atoms with Crippen molar-refractivity contribution in [3.05, 3.63) is 78.0 Å². The van der Waals surface area contributed by atoms with Gasteiger partial charge < -0.3 is 10.2 Å². The second-order valence-corrected chi connectivity index (χ2v) is 7.35. The molecule has 1 N–H and O–H groups in total. The summed E-state index contributed by atoms with van der Waals surface area (Å²) in [5.74, 6) is 0.727. The first-order valence-electron chi connectivity index (χ1n) is 9.24. The fourth-order valence-corrected chi connectivity index (χ4v) is 4.06. The molecule has 0 bridgehead atoms.